The number of aliphatic carboxylic acids is 1. The van der Waals surface area contributed by atoms with E-state index in [9.17, 15) is 19.5 Å². The second-order valence-corrected chi connectivity index (χ2v) is 7.71. The summed E-state index contributed by atoms with van der Waals surface area (Å²) in [5.74, 6) is -1.48. The van der Waals surface area contributed by atoms with Gasteiger partial charge in [-0.3, -0.25) is 19.1 Å². The normalized spacial score (nSPS) is 21.6. The Balaban J connectivity index is 1.68. The fraction of sp³-hybridized carbons (Fsp3) is 0.684. The Labute approximate surface area is 158 Å². The van der Waals surface area contributed by atoms with Crippen LogP contribution in [0.4, 0.5) is 0 Å². The molecular formula is C19H27N3O5. The van der Waals surface area contributed by atoms with Crippen molar-refractivity contribution in [3.63, 3.8) is 0 Å². The lowest BCUT2D eigenvalue weighted by Gasteiger charge is -2.36. The van der Waals surface area contributed by atoms with E-state index in [0.29, 0.717) is 50.4 Å². The summed E-state index contributed by atoms with van der Waals surface area (Å²) >= 11 is 0. The minimum absolute atomic E-state index is 0.0344. The molecule has 3 rings (SSSR count). The second-order valence-electron chi connectivity index (χ2n) is 7.71. The first-order valence-corrected chi connectivity index (χ1v) is 9.38. The summed E-state index contributed by atoms with van der Waals surface area (Å²) in [6, 6.07) is 0. The summed E-state index contributed by atoms with van der Waals surface area (Å²) in [6.45, 7) is 7.32. The Hall–Kier alpha value is -2.22. The standard InChI is InChI=1S/C19H27N3O5/c1-12-17(14(3)23)13(2)22(20-12)7-4-16(24)21-10-15(18(25)26)19(11-21)5-8-27-9-6-19/h15H,4-11H2,1-3H3,(H,25,26). The van der Waals surface area contributed by atoms with Gasteiger partial charge in [0.05, 0.1) is 17.2 Å². The number of amides is 1. The number of likely N-dealkylation sites (tertiary alicyclic amines) is 1. The molecule has 0 aromatic carbocycles. The van der Waals surface area contributed by atoms with Crippen LogP contribution in [-0.4, -0.2) is 63.7 Å². The van der Waals surface area contributed by atoms with Crippen LogP contribution in [-0.2, 0) is 20.9 Å². The van der Waals surface area contributed by atoms with Crippen LogP contribution in [0.1, 0.15) is 47.9 Å². The number of rotatable bonds is 5. The summed E-state index contributed by atoms with van der Waals surface area (Å²) < 4.78 is 7.09. The first kappa shape index (κ1) is 19.5. The summed E-state index contributed by atoms with van der Waals surface area (Å²) in [4.78, 5) is 37.9. The Kier molecular flexibility index (Phi) is 5.37. The molecule has 1 aromatic heterocycles. The van der Waals surface area contributed by atoms with Crippen molar-refractivity contribution in [3.8, 4) is 0 Å². The number of nitrogens with zero attached hydrogens (tertiary/aromatic N) is 3. The van der Waals surface area contributed by atoms with Crippen molar-refractivity contribution in [2.45, 2.75) is 46.6 Å². The molecule has 2 fully saturated rings. The molecule has 0 saturated carbocycles. The highest BCUT2D eigenvalue weighted by atomic mass is 16.5. The fourth-order valence-electron chi connectivity index (χ4n) is 4.57. The van der Waals surface area contributed by atoms with Gasteiger partial charge >= 0.3 is 5.97 Å². The molecule has 1 atom stereocenters. The number of carboxylic acid groups (broad SMARTS) is 1. The van der Waals surface area contributed by atoms with Gasteiger partial charge in [0.1, 0.15) is 0 Å². The van der Waals surface area contributed by atoms with Crippen LogP contribution in [0.25, 0.3) is 0 Å². The van der Waals surface area contributed by atoms with E-state index in [4.69, 9.17) is 4.74 Å². The van der Waals surface area contributed by atoms with Gasteiger partial charge in [-0.15, -0.1) is 0 Å². The zero-order valence-corrected chi connectivity index (χ0v) is 16.2. The highest BCUT2D eigenvalue weighted by Crippen LogP contribution is 2.44. The number of Topliss-reactive ketones (excluding diaryl/α,β-unsaturated/α-hetero) is 1. The average molecular weight is 377 g/mol. The summed E-state index contributed by atoms with van der Waals surface area (Å²) in [7, 11) is 0. The van der Waals surface area contributed by atoms with E-state index in [2.05, 4.69) is 5.10 Å². The molecule has 2 saturated heterocycles. The van der Waals surface area contributed by atoms with E-state index in [1.807, 2.05) is 6.92 Å². The van der Waals surface area contributed by atoms with Crippen molar-refractivity contribution < 1.29 is 24.2 Å². The smallest absolute Gasteiger partial charge is 0.308 e. The largest absolute Gasteiger partial charge is 0.481 e. The van der Waals surface area contributed by atoms with Crippen LogP contribution in [0.2, 0.25) is 0 Å². The Bertz CT molecular complexity index is 764. The zero-order chi connectivity index (χ0) is 19.8. The van der Waals surface area contributed by atoms with E-state index in [1.54, 1.807) is 16.5 Å². The lowest BCUT2D eigenvalue weighted by atomic mass is 9.72. The maximum absolute atomic E-state index is 12.7. The minimum atomic E-state index is -0.836. The quantitative estimate of drug-likeness (QED) is 0.779. The fourth-order valence-corrected chi connectivity index (χ4v) is 4.57. The maximum atomic E-state index is 12.7. The summed E-state index contributed by atoms with van der Waals surface area (Å²) in [5.41, 5.74) is 1.66. The number of carbonyl (C=O) groups excluding carboxylic acids is 2. The predicted octanol–water partition coefficient (Wildman–Crippen LogP) is 1.43. The molecule has 1 amide bonds. The molecule has 2 aliphatic rings. The van der Waals surface area contributed by atoms with Gasteiger partial charge in [-0.1, -0.05) is 0 Å². The van der Waals surface area contributed by atoms with E-state index >= 15 is 0 Å². The lowest BCUT2D eigenvalue weighted by Crippen LogP contribution is -2.40. The van der Waals surface area contributed by atoms with Gasteiger partial charge in [0.25, 0.3) is 0 Å². The van der Waals surface area contributed by atoms with E-state index in [1.165, 1.54) is 6.92 Å². The Morgan fingerprint density at radius 3 is 2.48 bits per heavy atom. The van der Waals surface area contributed by atoms with Gasteiger partial charge in [-0.05, 0) is 33.6 Å². The van der Waals surface area contributed by atoms with Gasteiger partial charge < -0.3 is 14.7 Å². The zero-order valence-electron chi connectivity index (χ0n) is 16.2. The number of ketones is 1. The van der Waals surface area contributed by atoms with Crippen molar-refractivity contribution >= 4 is 17.7 Å². The molecule has 27 heavy (non-hydrogen) atoms. The third-order valence-electron chi connectivity index (χ3n) is 6.06. The van der Waals surface area contributed by atoms with Crippen LogP contribution in [0.5, 0.6) is 0 Å². The molecular weight excluding hydrogens is 350 g/mol. The van der Waals surface area contributed by atoms with Crippen LogP contribution in [0.15, 0.2) is 0 Å². The third kappa shape index (κ3) is 3.63. The molecule has 8 heteroatoms. The monoisotopic (exact) mass is 377 g/mol. The van der Waals surface area contributed by atoms with Gasteiger partial charge in [0.2, 0.25) is 5.91 Å². The summed E-state index contributed by atoms with van der Waals surface area (Å²) in [6.07, 6.45) is 1.58. The van der Waals surface area contributed by atoms with Crippen molar-refractivity contribution in [2.24, 2.45) is 11.3 Å². The number of carboxylic acids is 1. The molecule has 8 nitrogen and oxygen atoms in total. The lowest BCUT2D eigenvalue weighted by molar-refractivity contribution is -0.146. The number of hydrogen-bond donors (Lipinski definition) is 1. The topological polar surface area (TPSA) is 102 Å². The second kappa shape index (κ2) is 7.42. The van der Waals surface area contributed by atoms with E-state index < -0.39 is 11.9 Å². The van der Waals surface area contributed by atoms with Gasteiger partial charge in [0, 0.05) is 50.4 Å². The van der Waals surface area contributed by atoms with Gasteiger partial charge in [-0.25, -0.2) is 0 Å². The maximum Gasteiger partial charge on any atom is 0.308 e. The van der Waals surface area contributed by atoms with Gasteiger partial charge in [-0.2, -0.15) is 5.10 Å². The van der Waals surface area contributed by atoms with Crippen molar-refractivity contribution in [1.82, 2.24) is 14.7 Å². The predicted molar refractivity (Wildman–Crippen MR) is 96.5 cm³/mol. The molecule has 0 aliphatic carbocycles. The Morgan fingerprint density at radius 2 is 1.93 bits per heavy atom. The molecule has 0 radical (unpaired) electrons. The van der Waals surface area contributed by atoms with Crippen molar-refractivity contribution in [2.75, 3.05) is 26.3 Å². The third-order valence-corrected chi connectivity index (χ3v) is 6.06. The van der Waals surface area contributed by atoms with E-state index in [0.717, 1.165) is 5.69 Å². The Morgan fingerprint density at radius 1 is 1.26 bits per heavy atom. The SMILES string of the molecule is CC(=O)c1c(C)nn(CCC(=O)N2CC(C(=O)O)C3(CCOCC3)C2)c1C. The van der Waals surface area contributed by atoms with Crippen LogP contribution in [0, 0.1) is 25.2 Å². The first-order valence-electron chi connectivity index (χ1n) is 9.38. The summed E-state index contributed by atoms with van der Waals surface area (Å²) in [5, 5.41) is 14.0. The van der Waals surface area contributed by atoms with Crippen molar-refractivity contribution in [3.05, 3.63) is 17.0 Å². The van der Waals surface area contributed by atoms with Crippen molar-refractivity contribution in [1.29, 1.82) is 0 Å². The number of carbonyl (C=O) groups is 3. The molecule has 1 N–H and O–H groups in total. The van der Waals surface area contributed by atoms with Crippen LogP contribution in [0.3, 0.4) is 0 Å². The molecule has 2 aliphatic heterocycles. The molecule has 1 aromatic rings. The van der Waals surface area contributed by atoms with Gasteiger partial charge in [0.15, 0.2) is 5.78 Å². The molecule has 0 bridgehead atoms. The molecule has 148 valence electrons. The highest BCUT2D eigenvalue weighted by Gasteiger charge is 2.51. The van der Waals surface area contributed by atoms with Crippen LogP contribution < -0.4 is 0 Å². The number of aryl methyl sites for hydroxylation is 2. The molecule has 1 unspecified atom stereocenters. The minimum Gasteiger partial charge on any atom is -0.481 e. The molecule has 1 spiro atoms. The van der Waals surface area contributed by atoms with E-state index in [-0.39, 0.29) is 30.1 Å². The molecule has 3 heterocycles. The first-order chi connectivity index (χ1) is 12.7. The van der Waals surface area contributed by atoms with Crippen LogP contribution >= 0.6 is 0 Å². The average Bonchev–Trinajstić information content (AvgIpc) is 3.11. The number of aromatic nitrogens is 2. The highest BCUT2D eigenvalue weighted by molar-refractivity contribution is 5.96. The number of ether oxygens (including phenoxy) is 1. The number of hydrogen-bond acceptors (Lipinski definition) is 5.